The predicted octanol–water partition coefficient (Wildman–Crippen LogP) is 2.77. The van der Waals surface area contributed by atoms with Crippen LogP contribution in [0.4, 0.5) is 4.39 Å². The summed E-state index contributed by atoms with van der Waals surface area (Å²) >= 11 is 5.81. The lowest BCUT2D eigenvalue weighted by atomic mass is 10.2. The Hall–Kier alpha value is -0.800. The summed E-state index contributed by atoms with van der Waals surface area (Å²) < 4.78 is 18.3. The summed E-state index contributed by atoms with van der Waals surface area (Å²) in [7, 11) is 0. The van der Waals surface area contributed by atoms with Crippen LogP contribution in [0.1, 0.15) is 19.3 Å². The lowest BCUT2D eigenvalue weighted by molar-refractivity contribution is 0.0604. The van der Waals surface area contributed by atoms with Crippen LogP contribution in [-0.2, 0) is 0 Å². The SMILES string of the molecule is OC1CCCC1Oc1ccc(F)cc1Cl. The van der Waals surface area contributed by atoms with E-state index >= 15 is 0 Å². The first-order valence-electron chi connectivity index (χ1n) is 4.96. The van der Waals surface area contributed by atoms with Crippen LogP contribution < -0.4 is 4.74 Å². The van der Waals surface area contributed by atoms with Crippen LogP contribution in [0.5, 0.6) is 5.75 Å². The van der Waals surface area contributed by atoms with E-state index in [2.05, 4.69) is 0 Å². The molecule has 1 N–H and O–H groups in total. The number of hydrogen-bond acceptors (Lipinski definition) is 2. The van der Waals surface area contributed by atoms with E-state index in [1.54, 1.807) is 0 Å². The molecule has 0 bridgehead atoms. The molecule has 2 nitrogen and oxygen atoms in total. The Balaban J connectivity index is 2.10. The highest BCUT2D eigenvalue weighted by Gasteiger charge is 2.27. The third-order valence-electron chi connectivity index (χ3n) is 2.59. The molecule has 0 aromatic heterocycles. The molecular formula is C11H12ClFO2. The van der Waals surface area contributed by atoms with Gasteiger partial charge in [-0.05, 0) is 37.5 Å². The smallest absolute Gasteiger partial charge is 0.138 e. The predicted molar refractivity (Wildman–Crippen MR) is 55.7 cm³/mol. The van der Waals surface area contributed by atoms with Gasteiger partial charge in [0.25, 0.3) is 0 Å². The summed E-state index contributed by atoms with van der Waals surface area (Å²) in [4.78, 5) is 0. The van der Waals surface area contributed by atoms with Gasteiger partial charge in [0.2, 0.25) is 0 Å². The fraction of sp³-hybridized carbons (Fsp3) is 0.455. The third-order valence-corrected chi connectivity index (χ3v) is 2.89. The molecule has 1 aliphatic carbocycles. The minimum atomic E-state index is -0.439. The quantitative estimate of drug-likeness (QED) is 0.847. The van der Waals surface area contributed by atoms with Crippen LogP contribution in [0.3, 0.4) is 0 Å². The van der Waals surface area contributed by atoms with E-state index in [4.69, 9.17) is 16.3 Å². The fourth-order valence-corrected chi connectivity index (χ4v) is 1.99. The summed E-state index contributed by atoms with van der Waals surface area (Å²) in [5, 5.41) is 9.80. The van der Waals surface area contributed by atoms with E-state index in [-0.39, 0.29) is 16.9 Å². The van der Waals surface area contributed by atoms with Gasteiger partial charge in [-0.1, -0.05) is 11.6 Å². The number of ether oxygens (including phenoxy) is 1. The minimum Gasteiger partial charge on any atom is -0.486 e. The maximum atomic E-state index is 12.7. The van der Waals surface area contributed by atoms with Crippen LogP contribution in [-0.4, -0.2) is 17.3 Å². The number of rotatable bonds is 2. The van der Waals surface area contributed by atoms with Gasteiger partial charge in [-0.3, -0.25) is 0 Å². The molecule has 0 amide bonds. The van der Waals surface area contributed by atoms with Gasteiger partial charge in [0.15, 0.2) is 0 Å². The molecule has 82 valence electrons. The van der Waals surface area contributed by atoms with E-state index in [9.17, 15) is 9.50 Å². The zero-order valence-electron chi connectivity index (χ0n) is 8.12. The maximum absolute atomic E-state index is 12.7. The molecular weight excluding hydrogens is 219 g/mol. The van der Waals surface area contributed by atoms with Gasteiger partial charge in [-0.25, -0.2) is 4.39 Å². The van der Waals surface area contributed by atoms with Gasteiger partial charge in [0.1, 0.15) is 17.7 Å². The van der Waals surface area contributed by atoms with Crippen LogP contribution in [0.2, 0.25) is 5.02 Å². The Morgan fingerprint density at radius 2 is 2.20 bits per heavy atom. The normalized spacial score (nSPS) is 25.5. The summed E-state index contributed by atoms with van der Waals surface area (Å²) in [6, 6.07) is 3.99. The van der Waals surface area contributed by atoms with Crippen LogP contribution in [0.25, 0.3) is 0 Å². The molecule has 1 aromatic rings. The average molecular weight is 231 g/mol. The second-order valence-corrected chi connectivity index (χ2v) is 4.14. The van der Waals surface area contributed by atoms with Gasteiger partial charge >= 0.3 is 0 Å². The van der Waals surface area contributed by atoms with Crippen molar-refractivity contribution < 1.29 is 14.2 Å². The number of aliphatic hydroxyl groups excluding tert-OH is 1. The van der Waals surface area contributed by atoms with Crippen molar-refractivity contribution in [2.75, 3.05) is 0 Å². The molecule has 0 heterocycles. The van der Waals surface area contributed by atoms with E-state index in [1.807, 2.05) is 0 Å². The highest BCUT2D eigenvalue weighted by Crippen LogP contribution is 2.30. The standard InChI is InChI=1S/C11H12ClFO2/c12-8-6-7(13)4-5-10(8)15-11-3-1-2-9(11)14/h4-6,9,11,14H,1-3H2. The van der Waals surface area contributed by atoms with Crippen molar-refractivity contribution >= 4 is 11.6 Å². The number of hydrogen-bond donors (Lipinski definition) is 1. The molecule has 1 aliphatic rings. The molecule has 2 atom stereocenters. The molecule has 4 heteroatoms. The molecule has 0 spiro atoms. The Labute approximate surface area is 92.6 Å². The minimum absolute atomic E-state index is 0.215. The molecule has 1 aromatic carbocycles. The summed E-state index contributed by atoms with van der Waals surface area (Å²) in [5.74, 6) is 0.0448. The molecule has 0 aliphatic heterocycles. The van der Waals surface area contributed by atoms with Crippen molar-refractivity contribution in [2.24, 2.45) is 0 Å². The first-order chi connectivity index (χ1) is 7.16. The average Bonchev–Trinajstić information content (AvgIpc) is 2.57. The Bertz CT molecular complexity index is 356. The Kier molecular flexibility index (Phi) is 3.12. The summed E-state index contributed by atoms with van der Waals surface area (Å²) in [6.07, 6.45) is 1.86. The van der Waals surface area contributed by atoms with E-state index < -0.39 is 6.10 Å². The monoisotopic (exact) mass is 230 g/mol. The molecule has 2 unspecified atom stereocenters. The van der Waals surface area contributed by atoms with Crippen LogP contribution >= 0.6 is 11.6 Å². The first-order valence-corrected chi connectivity index (χ1v) is 5.34. The second-order valence-electron chi connectivity index (χ2n) is 3.73. The first kappa shape index (κ1) is 10.7. The summed E-state index contributed by atoms with van der Waals surface area (Å²) in [6.45, 7) is 0. The van der Waals surface area contributed by atoms with E-state index in [0.29, 0.717) is 5.75 Å². The number of benzene rings is 1. The van der Waals surface area contributed by atoms with Gasteiger partial charge in [-0.15, -0.1) is 0 Å². The largest absolute Gasteiger partial charge is 0.486 e. The highest BCUT2D eigenvalue weighted by atomic mass is 35.5. The van der Waals surface area contributed by atoms with Crippen LogP contribution in [0.15, 0.2) is 18.2 Å². The highest BCUT2D eigenvalue weighted by molar-refractivity contribution is 6.32. The summed E-state index contributed by atoms with van der Waals surface area (Å²) in [5.41, 5.74) is 0. The van der Waals surface area contributed by atoms with Crippen molar-refractivity contribution in [3.05, 3.63) is 29.0 Å². The third kappa shape index (κ3) is 2.41. The Morgan fingerprint density at radius 1 is 1.40 bits per heavy atom. The van der Waals surface area contributed by atoms with Crippen molar-refractivity contribution in [2.45, 2.75) is 31.5 Å². The zero-order chi connectivity index (χ0) is 10.8. The molecule has 1 saturated carbocycles. The molecule has 0 radical (unpaired) electrons. The van der Waals surface area contributed by atoms with Gasteiger partial charge in [0, 0.05) is 0 Å². The maximum Gasteiger partial charge on any atom is 0.138 e. The number of aliphatic hydroxyl groups is 1. The van der Waals surface area contributed by atoms with E-state index in [1.165, 1.54) is 18.2 Å². The van der Waals surface area contributed by atoms with Crippen molar-refractivity contribution in [3.63, 3.8) is 0 Å². The molecule has 2 rings (SSSR count). The van der Waals surface area contributed by atoms with E-state index in [0.717, 1.165) is 19.3 Å². The fourth-order valence-electron chi connectivity index (χ4n) is 1.78. The van der Waals surface area contributed by atoms with Gasteiger partial charge < -0.3 is 9.84 Å². The van der Waals surface area contributed by atoms with Crippen molar-refractivity contribution in [1.29, 1.82) is 0 Å². The lowest BCUT2D eigenvalue weighted by Crippen LogP contribution is -2.25. The topological polar surface area (TPSA) is 29.5 Å². The molecule has 15 heavy (non-hydrogen) atoms. The van der Waals surface area contributed by atoms with Crippen molar-refractivity contribution in [1.82, 2.24) is 0 Å². The zero-order valence-corrected chi connectivity index (χ0v) is 8.88. The Morgan fingerprint density at radius 3 is 2.80 bits per heavy atom. The molecule has 1 fully saturated rings. The second kappa shape index (κ2) is 4.37. The molecule has 0 saturated heterocycles. The number of halogens is 2. The van der Waals surface area contributed by atoms with Gasteiger partial charge in [0.05, 0.1) is 11.1 Å². The van der Waals surface area contributed by atoms with Crippen molar-refractivity contribution in [3.8, 4) is 5.75 Å². The van der Waals surface area contributed by atoms with Crippen LogP contribution in [0, 0.1) is 5.82 Å². The van der Waals surface area contributed by atoms with Gasteiger partial charge in [-0.2, -0.15) is 0 Å². The lowest BCUT2D eigenvalue weighted by Gasteiger charge is -2.17.